The molecule has 0 spiro atoms. The number of hydrogen-bond acceptors (Lipinski definition) is 8. The van der Waals surface area contributed by atoms with Gasteiger partial charge in [-0.2, -0.15) is 13.2 Å². The van der Waals surface area contributed by atoms with Crippen molar-refractivity contribution in [3.63, 3.8) is 0 Å². The van der Waals surface area contributed by atoms with Gasteiger partial charge in [0.1, 0.15) is 16.5 Å². The van der Waals surface area contributed by atoms with Gasteiger partial charge in [-0.15, -0.1) is 0 Å². The topological polar surface area (TPSA) is 138 Å². The first-order valence-corrected chi connectivity index (χ1v) is 11.9. The number of benzene rings is 1. The van der Waals surface area contributed by atoms with Crippen LogP contribution in [-0.2, 0) is 9.59 Å². The number of halogens is 4. The smallest absolute Gasteiger partial charge is 0.475 e. The van der Waals surface area contributed by atoms with E-state index >= 15 is 0 Å². The Morgan fingerprint density at radius 3 is 2.29 bits per heavy atom. The molecule has 38 heavy (non-hydrogen) atoms. The maximum Gasteiger partial charge on any atom is 0.490 e. The van der Waals surface area contributed by atoms with E-state index in [1.54, 1.807) is 25.2 Å². The second-order valence-electron chi connectivity index (χ2n) is 8.70. The Morgan fingerprint density at radius 1 is 1.21 bits per heavy atom. The number of carboxylic acid groups (broad SMARTS) is 1. The van der Waals surface area contributed by atoms with Crippen molar-refractivity contribution >= 4 is 39.9 Å². The Morgan fingerprint density at radius 2 is 1.82 bits per heavy atom. The number of nitrogen functional groups attached to an aromatic ring is 1. The van der Waals surface area contributed by atoms with Gasteiger partial charge in [-0.25, -0.2) is 19.2 Å². The summed E-state index contributed by atoms with van der Waals surface area (Å²) in [4.78, 5) is 38.7. The van der Waals surface area contributed by atoms with Crippen LogP contribution < -0.4 is 16.5 Å². The normalized spacial score (nSPS) is 16.9. The molecule has 14 heteroatoms. The first-order chi connectivity index (χ1) is 17.6. The number of aliphatic carboxylic acids is 1. The number of ketones is 1. The highest BCUT2D eigenvalue weighted by molar-refractivity contribution is 7.18. The fourth-order valence-corrected chi connectivity index (χ4v) is 4.21. The first kappa shape index (κ1) is 30.4. The van der Waals surface area contributed by atoms with Crippen LogP contribution in [0.1, 0.15) is 35.5 Å². The van der Waals surface area contributed by atoms with E-state index in [0.717, 1.165) is 17.0 Å². The van der Waals surface area contributed by atoms with Crippen molar-refractivity contribution in [1.29, 1.82) is 0 Å². The Balaban J connectivity index is 0.000000638. The van der Waals surface area contributed by atoms with Crippen molar-refractivity contribution in [3.8, 4) is 0 Å². The molecule has 1 heterocycles. The van der Waals surface area contributed by atoms with E-state index in [2.05, 4.69) is 15.7 Å². The predicted molar refractivity (Wildman–Crippen MR) is 135 cm³/mol. The summed E-state index contributed by atoms with van der Waals surface area (Å²) in [6, 6.07) is 5.76. The van der Waals surface area contributed by atoms with Crippen LogP contribution in [0.4, 0.5) is 28.5 Å². The van der Waals surface area contributed by atoms with Crippen LogP contribution >= 0.6 is 11.3 Å². The van der Waals surface area contributed by atoms with Crippen molar-refractivity contribution in [1.82, 2.24) is 15.4 Å². The molecule has 0 saturated heterocycles. The standard InChI is InChI=1S/C22H26FN5O2S.C2HF3O2/c1-13(2)22(20(30)27-28(3)4)11-9-14(10-12-22)25-21-26-19(24)18(31-21)17(29)15-7-5-6-8-16(15)23;3-2(4,5)1(6)7/h5-11,13H,12,24H2,1-4H3,(H,25,26)(H,27,30);(H,6,7)/t22-;/m1./s1. The number of alkyl halides is 3. The third kappa shape index (κ3) is 7.38. The summed E-state index contributed by atoms with van der Waals surface area (Å²) in [5.74, 6) is -3.81. The number of carbonyl (C=O) groups is 3. The fraction of sp³-hybridized carbons (Fsp3) is 0.333. The second kappa shape index (κ2) is 12.2. The molecule has 0 radical (unpaired) electrons. The molecule has 0 saturated carbocycles. The van der Waals surface area contributed by atoms with Crippen molar-refractivity contribution in [2.75, 3.05) is 25.1 Å². The Bertz CT molecular complexity index is 1260. The minimum atomic E-state index is -5.08. The molecule has 1 aromatic heterocycles. The largest absolute Gasteiger partial charge is 0.490 e. The van der Waals surface area contributed by atoms with E-state index in [1.165, 1.54) is 18.2 Å². The average molecular weight is 558 g/mol. The van der Waals surface area contributed by atoms with Gasteiger partial charge in [0.05, 0.1) is 11.0 Å². The Labute approximate surface area is 220 Å². The summed E-state index contributed by atoms with van der Waals surface area (Å²) in [5, 5.41) is 12.3. The van der Waals surface area contributed by atoms with Gasteiger partial charge in [-0.05, 0) is 30.5 Å². The van der Waals surface area contributed by atoms with E-state index in [0.29, 0.717) is 11.6 Å². The molecule has 0 unspecified atom stereocenters. The molecule has 1 aliphatic carbocycles. The molecule has 5 N–H and O–H groups in total. The monoisotopic (exact) mass is 557 g/mol. The van der Waals surface area contributed by atoms with Gasteiger partial charge in [-0.3, -0.25) is 15.0 Å². The van der Waals surface area contributed by atoms with Crippen molar-refractivity contribution in [2.24, 2.45) is 11.3 Å². The molecule has 3 rings (SSSR count). The summed E-state index contributed by atoms with van der Waals surface area (Å²) >= 11 is 1.06. The Kier molecular flexibility index (Phi) is 9.75. The number of nitrogens with two attached hydrogens (primary N) is 1. The minimum Gasteiger partial charge on any atom is -0.475 e. The number of hydrazine groups is 1. The Hall–Kier alpha value is -3.78. The molecule has 9 nitrogen and oxygen atoms in total. The molecule has 206 valence electrons. The van der Waals surface area contributed by atoms with Crippen LogP contribution in [0.15, 0.2) is 48.2 Å². The SMILES string of the molecule is CC(C)[C@@]1(C(=O)NN(C)C)C=CC(Nc2nc(N)c(C(=O)c3ccccc3F)s2)=CC1.O=C(O)C(F)(F)F. The summed E-state index contributed by atoms with van der Waals surface area (Å²) in [7, 11) is 3.54. The van der Waals surface area contributed by atoms with Gasteiger partial charge in [0.25, 0.3) is 0 Å². The van der Waals surface area contributed by atoms with Crippen molar-refractivity contribution < 1.29 is 37.1 Å². The number of aromatic nitrogens is 1. The molecule has 0 fully saturated rings. The molecule has 2 aromatic rings. The van der Waals surface area contributed by atoms with Crippen LogP contribution in [0.25, 0.3) is 0 Å². The number of nitrogens with one attached hydrogen (secondary N) is 2. The molecule has 1 atom stereocenters. The zero-order valence-corrected chi connectivity index (χ0v) is 21.7. The van der Waals surface area contributed by atoms with Gasteiger partial charge >= 0.3 is 12.1 Å². The highest BCUT2D eigenvalue weighted by atomic mass is 32.1. The summed E-state index contributed by atoms with van der Waals surface area (Å²) in [6.07, 6.45) is 1.06. The highest BCUT2D eigenvalue weighted by Gasteiger charge is 2.40. The molecular formula is C24H27F4N5O4S. The summed E-state index contributed by atoms with van der Waals surface area (Å²) in [5.41, 5.74) is 8.80. The minimum absolute atomic E-state index is 0.0445. The van der Waals surface area contributed by atoms with Crippen LogP contribution in [0, 0.1) is 17.2 Å². The number of carboxylic acids is 1. The van der Waals surface area contributed by atoms with Gasteiger partial charge < -0.3 is 16.2 Å². The molecule has 1 amide bonds. The van der Waals surface area contributed by atoms with Gasteiger partial charge in [0, 0.05) is 19.8 Å². The number of carbonyl (C=O) groups excluding carboxylic acids is 2. The maximum atomic E-state index is 14.0. The van der Waals surface area contributed by atoms with Crippen LogP contribution in [0.2, 0.25) is 0 Å². The van der Waals surface area contributed by atoms with Crippen molar-refractivity contribution in [3.05, 3.63) is 64.4 Å². The van der Waals surface area contributed by atoms with E-state index in [9.17, 15) is 27.2 Å². The molecular weight excluding hydrogens is 530 g/mol. The highest BCUT2D eigenvalue weighted by Crippen LogP contribution is 2.38. The summed E-state index contributed by atoms with van der Waals surface area (Å²) in [6.45, 7) is 4.02. The van der Waals surface area contributed by atoms with Crippen LogP contribution in [0.5, 0.6) is 0 Å². The molecule has 0 bridgehead atoms. The number of rotatable bonds is 7. The van der Waals surface area contributed by atoms with Crippen molar-refractivity contribution in [2.45, 2.75) is 26.4 Å². The number of nitrogens with zero attached hydrogens (tertiary/aromatic N) is 2. The average Bonchev–Trinajstić information content (AvgIpc) is 3.18. The number of hydrogen-bond donors (Lipinski definition) is 4. The second-order valence-corrected chi connectivity index (χ2v) is 9.70. The molecule has 1 aliphatic rings. The molecule has 1 aromatic carbocycles. The zero-order valence-electron chi connectivity index (χ0n) is 20.9. The van der Waals surface area contributed by atoms with Gasteiger partial charge in [-0.1, -0.05) is 49.5 Å². The first-order valence-electron chi connectivity index (χ1n) is 11.1. The van der Waals surface area contributed by atoms with E-state index in [-0.39, 0.29) is 28.1 Å². The summed E-state index contributed by atoms with van der Waals surface area (Å²) < 4.78 is 45.7. The third-order valence-corrected chi connectivity index (χ3v) is 6.46. The van der Waals surface area contributed by atoms with Crippen LogP contribution in [-0.4, -0.2) is 53.0 Å². The zero-order chi connectivity index (χ0) is 28.8. The van der Waals surface area contributed by atoms with Gasteiger partial charge in [0.2, 0.25) is 11.7 Å². The maximum absolute atomic E-state index is 14.0. The van der Waals surface area contributed by atoms with Crippen LogP contribution in [0.3, 0.4) is 0 Å². The predicted octanol–water partition coefficient (Wildman–Crippen LogP) is 4.22. The number of thiazole rings is 1. The quantitative estimate of drug-likeness (QED) is 0.226. The lowest BCUT2D eigenvalue weighted by Gasteiger charge is -2.35. The number of anilines is 2. The number of allylic oxidation sites excluding steroid dienone is 2. The van der Waals surface area contributed by atoms with E-state index in [1.807, 2.05) is 32.1 Å². The van der Waals surface area contributed by atoms with E-state index in [4.69, 9.17) is 15.6 Å². The third-order valence-electron chi connectivity index (χ3n) is 5.47. The lowest BCUT2D eigenvalue weighted by molar-refractivity contribution is -0.192. The fourth-order valence-electron chi connectivity index (χ4n) is 3.35. The van der Waals surface area contributed by atoms with E-state index < -0.39 is 29.2 Å². The number of amides is 1. The molecule has 0 aliphatic heterocycles. The lowest BCUT2D eigenvalue weighted by Crippen LogP contribution is -2.48. The lowest BCUT2D eigenvalue weighted by atomic mass is 9.71. The van der Waals surface area contributed by atoms with Gasteiger partial charge in [0.15, 0.2) is 5.13 Å².